The van der Waals surface area contributed by atoms with E-state index >= 15 is 0 Å². The summed E-state index contributed by atoms with van der Waals surface area (Å²) in [6.07, 6.45) is 6.09. The Labute approximate surface area is 112 Å². The van der Waals surface area contributed by atoms with Gasteiger partial charge in [-0.1, -0.05) is 0 Å². The van der Waals surface area contributed by atoms with Gasteiger partial charge in [0, 0.05) is 22.7 Å². The van der Waals surface area contributed by atoms with Crippen LogP contribution in [0.1, 0.15) is 39.0 Å². The van der Waals surface area contributed by atoms with Gasteiger partial charge in [-0.2, -0.15) is 0 Å². The highest BCUT2D eigenvalue weighted by Crippen LogP contribution is 2.48. The van der Waals surface area contributed by atoms with E-state index in [1.165, 1.54) is 32.1 Å². The lowest BCUT2D eigenvalue weighted by atomic mass is 9.56. The SMILES string of the molecule is CNC1CC2(NC)CC(C)(NC)CC(NC)(C1)C2. The minimum absolute atomic E-state index is 0.225. The summed E-state index contributed by atoms with van der Waals surface area (Å²) in [5.74, 6) is 0. The Morgan fingerprint density at radius 2 is 1.28 bits per heavy atom. The van der Waals surface area contributed by atoms with Gasteiger partial charge < -0.3 is 21.3 Å². The number of hydrogen-bond donors (Lipinski definition) is 4. The minimum atomic E-state index is 0.225. The van der Waals surface area contributed by atoms with Gasteiger partial charge in [0.05, 0.1) is 0 Å². The van der Waals surface area contributed by atoms with Crippen LogP contribution in [-0.2, 0) is 0 Å². The average molecular weight is 254 g/mol. The van der Waals surface area contributed by atoms with Crippen LogP contribution in [0.15, 0.2) is 0 Å². The lowest BCUT2D eigenvalue weighted by Crippen LogP contribution is -2.72. The van der Waals surface area contributed by atoms with Crippen molar-refractivity contribution in [2.45, 2.75) is 61.7 Å². The summed E-state index contributed by atoms with van der Waals surface area (Å²) in [5.41, 5.74) is 0.735. The van der Waals surface area contributed by atoms with Crippen molar-refractivity contribution in [3.8, 4) is 0 Å². The number of hydrogen-bond acceptors (Lipinski definition) is 4. The molecule has 0 radical (unpaired) electrons. The fourth-order valence-corrected chi connectivity index (χ4v) is 4.57. The normalized spacial score (nSPS) is 48.2. The molecule has 0 aliphatic heterocycles. The lowest BCUT2D eigenvalue weighted by Gasteiger charge is -2.60. The largest absolute Gasteiger partial charge is 0.317 e. The van der Waals surface area contributed by atoms with Crippen molar-refractivity contribution < 1.29 is 0 Å². The van der Waals surface area contributed by atoms with E-state index in [0.717, 1.165) is 0 Å². The summed E-state index contributed by atoms with van der Waals surface area (Å²) in [5, 5.41) is 14.3. The summed E-state index contributed by atoms with van der Waals surface area (Å²) in [4.78, 5) is 0. The van der Waals surface area contributed by atoms with Gasteiger partial charge in [-0.25, -0.2) is 0 Å². The Kier molecular flexibility index (Phi) is 3.76. The molecule has 0 saturated heterocycles. The molecule has 2 unspecified atom stereocenters. The Morgan fingerprint density at radius 1 is 0.778 bits per heavy atom. The van der Waals surface area contributed by atoms with Gasteiger partial charge in [-0.05, 0) is 67.2 Å². The van der Waals surface area contributed by atoms with E-state index < -0.39 is 0 Å². The van der Waals surface area contributed by atoms with Crippen molar-refractivity contribution >= 4 is 0 Å². The quantitative estimate of drug-likeness (QED) is 0.588. The molecule has 106 valence electrons. The molecule has 2 atom stereocenters. The van der Waals surface area contributed by atoms with Gasteiger partial charge in [0.15, 0.2) is 0 Å². The van der Waals surface area contributed by atoms with Crippen LogP contribution in [0, 0.1) is 0 Å². The molecule has 2 fully saturated rings. The van der Waals surface area contributed by atoms with Crippen molar-refractivity contribution in [3.05, 3.63) is 0 Å². The van der Waals surface area contributed by atoms with Gasteiger partial charge in [-0.3, -0.25) is 0 Å². The molecule has 0 heterocycles. The van der Waals surface area contributed by atoms with Crippen LogP contribution < -0.4 is 21.3 Å². The highest BCUT2D eigenvalue weighted by molar-refractivity contribution is 5.17. The summed E-state index contributed by atoms with van der Waals surface area (Å²) in [7, 11) is 8.44. The van der Waals surface area contributed by atoms with Crippen LogP contribution in [0.5, 0.6) is 0 Å². The zero-order valence-electron chi connectivity index (χ0n) is 12.6. The molecule has 2 bridgehead atoms. The third kappa shape index (κ3) is 2.31. The van der Waals surface area contributed by atoms with E-state index in [1.807, 2.05) is 0 Å². The monoisotopic (exact) mass is 254 g/mol. The maximum absolute atomic E-state index is 3.64. The van der Waals surface area contributed by atoms with Crippen LogP contribution in [0.2, 0.25) is 0 Å². The van der Waals surface area contributed by atoms with Gasteiger partial charge in [-0.15, -0.1) is 0 Å². The van der Waals surface area contributed by atoms with E-state index in [1.54, 1.807) is 0 Å². The lowest BCUT2D eigenvalue weighted by molar-refractivity contribution is 0.00890. The van der Waals surface area contributed by atoms with E-state index in [0.29, 0.717) is 6.04 Å². The third-order valence-corrected chi connectivity index (χ3v) is 5.48. The van der Waals surface area contributed by atoms with Gasteiger partial charge >= 0.3 is 0 Å². The Balaban J connectivity index is 2.33. The van der Waals surface area contributed by atoms with Gasteiger partial charge in [0.1, 0.15) is 0 Å². The zero-order chi connectivity index (χ0) is 13.4. The smallest absolute Gasteiger partial charge is 0.0228 e. The minimum Gasteiger partial charge on any atom is -0.317 e. The highest BCUT2D eigenvalue weighted by atomic mass is 15.1. The van der Waals surface area contributed by atoms with Crippen LogP contribution >= 0.6 is 0 Å². The average Bonchev–Trinajstić information content (AvgIpc) is 2.37. The van der Waals surface area contributed by atoms with Crippen molar-refractivity contribution in [3.63, 3.8) is 0 Å². The number of fused-ring (bicyclic) bond motifs is 2. The molecular weight excluding hydrogens is 224 g/mol. The predicted octanol–water partition coefficient (Wildman–Crippen LogP) is 0.447. The zero-order valence-corrected chi connectivity index (χ0v) is 12.6. The number of nitrogens with one attached hydrogen (secondary N) is 4. The Morgan fingerprint density at radius 3 is 1.61 bits per heavy atom. The molecule has 0 aromatic carbocycles. The van der Waals surface area contributed by atoms with E-state index in [-0.39, 0.29) is 16.6 Å². The standard InChI is InChI=1S/C14H30N4/c1-12(16-3)8-13(17-4)6-11(15-2)7-14(9-12,10-13)18-5/h11,15-18H,6-10H2,1-5H3. The van der Waals surface area contributed by atoms with Crippen molar-refractivity contribution in [1.82, 2.24) is 21.3 Å². The van der Waals surface area contributed by atoms with Crippen LogP contribution in [-0.4, -0.2) is 50.8 Å². The summed E-state index contributed by atoms with van der Waals surface area (Å²) in [6, 6.07) is 0.611. The van der Waals surface area contributed by atoms with Crippen LogP contribution in [0.3, 0.4) is 0 Å². The molecule has 4 N–H and O–H groups in total. The second kappa shape index (κ2) is 4.75. The van der Waals surface area contributed by atoms with Gasteiger partial charge in [0.25, 0.3) is 0 Å². The second-order valence-corrected chi connectivity index (χ2v) is 6.80. The maximum Gasteiger partial charge on any atom is 0.0228 e. The molecule has 4 nitrogen and oxygen atoms in total. The second-order valence-electron chi connectivity index (χ2n) is 6.80. The number of rotatable bonds is 4. The molecule has 18 heavy (non-hydrogen) atoms. The molecule has 4 heteroatoms. The predicted molar refractivity (Wildman–Crippen MR) is 77.0 cm³/mol. The molecule has 2 saturated carbocycles. The molecule has 2 rings (SSSR count). The molecule has 0 aromatic rings. The fraction of sp³-hybridized carbons (Fsp3) is 1.00. The molecule has 0 spiro atoms. The van der Waals surface area contributed by atoms with Crippen LogP contribution in [0.4, 0.5) is 0 Å². The maximum atomic E-state index is 3.64. The van der Waals surface area contributed by atoms with Crippen molar-refractivity contribution in [2.75, 3.05) is 28.2 Å². The molecule has 2 aliphatic carbocycles. The summed E-state index contributed by atoms with van der Waals surface area (Å²) < 4.78 is 0. The highest BCUT2D eigenvalue weighted by Gasteiger charge is 2.55. The Hall–Kier alpha value is -0.160. The first-order valence-electron chi connectivity index (χ1n) is 7.18. The summed E-state index contributed by atoms with van der Waals surface area (Å²) >= 11 is 0. The molecule has 0 amide bonds. The molecule has 0 aromatic heterocycles. The van der Waals surface area contributed by atoms with E-state index in [9.17, 15) is 0 Å². The topological polar surface area (TPSA) is 48.1 Å². The third-order valence-electron chi connectivity index (χ3n) is 5.48. The first-order valence-corrected chi connectivity index (χ1v) is 7.18. The molecule has 2 aliphatic rings. The van der Waals surface area contributed by atoms with Crippen LogP contribution in [0.25, 0.3) is 0 Å². The van der Waals surface area contributed by atoms with E-state index in [4.69, 9.17) is 0 Å². The summed E-state index contributed by atoms with van der Waals surface area (Å²) in [6.45, 7) is 2.37. The first-order chi connectivity index (χ1) is 8.44. The first kappa shape index (κ1) is 14.3. The van der Waals surface area contributed by atoms with Crippen molar-refractivity contribution in [2.24, 2.45) is 0 Å². The molecular formula is C14H30N4. The fourth-order valence-electron chi connectivity index (χ4n) is 4.57. The van der Waals surface area contributed by atoms with E-state index in [2.05, 4.69) is 56.4 Å². The van der Waals surface area contributed by atoms with Crippen molar-refractivity contribution in [1.29, 1.82) is 0 Å². The van der Waals surface area contributed by atoms with Gasteiger partial charge in [0.2, 0.25) is 0 Å². The Bertz CT molecular complexity index is 276.